The van der Waals surface area contributed by atoms with Crippen LogP contribution in [0.1, 0.15) is 45.1 Å². The van der Waals surface area contributed by atoms with Gasteiger partial charge in [0.1, 0.15) is 0 Å². The van der Waals surface area contributed by atoms with Crippen molar-refractivity contribution in [3.63, 3.8) is 0 Å². The van der Waals surface area contributed by atoms with Crippen molar-refractivity contribution >= 4 is 11.8 Å². The van der Waals surface area contributed by atoms with Crippen molar-refractivity contribution in [3.8, 4) is 0 Å². The lowest BCUT2D eigenvalue weighted by Gasteiger charge is -2.32. The topological polar surface area (TPSA) is 49.4 Å². The molecule has 1 aromatic rings. The quantitative estimate of drug-likeness (QED) is 0.903. The molecule has 2 aliphatic rings. The highest BCUT2D eigenvalue weighted by molar-refractivity contribution is 5.82. The predicted octanol–water partition coefficient (Wildman–Crippen LogP) is 2.73. The molecule has 0 radical (unpaired) electrons. The molecule has 1 saturated heterocycles. The van der Waals surface area contributed by atoms with Crippen LogP contribution in [0.2, 0.25) is 0 Å². The van der Waals surface area contributed by atoms with Gasteiger partial charge in [-0.3, -0.25) is 9.59 Å². The van der Waals surface area contributed by atoms with Gasteiger partial charge in [-0.25, -0.2) is 0 Å². The van der Waals surface area contributed by atoms with Gasteiger partial charge in [0, 0.05) is 36.9 Å². The number of carbonyl (C=O) groups is 2. The highest BCUT2D eigenvalue weighted by Gasteiger charge is 2.36. The second-order valence-corrected chi connectivity index (χ2v) is 7.84. The maximum Gasteiger partial charge on any atom is 0.225 e. The SMILES string of the molecule is CC(C)(CNC(=O)C1CCN(C(=O)C2CC2)CC1)c1ccccc1. The van der Waals surface area contributed by atoms with E-state index in [1.54, 1.807) is 0 Å². The third kappa shape index (κ3) is 3.97. The third-order valence-electron chi connectivity index (χ3n) is 5.36. The molecule has 0 atom stereocenters. The maximum atomic E-state index is 12.5. The van der Waals surface area contributed by atoms with E-state index in [0.717, 1.165) is 38.8 Å². The van der Waals surface area contributed by atoms with Crippen molar-refractivity contribution in [1.82, 2.24) is 10.2 Å². The molecule has 1 saturated carbocycles. The number of carbonyl (C=O) groups excluding carboxylic acids is 2. The fourth-order valence-corrected chi connectivity index (χ4v) is 3.39. The molecule has 2 fully saturated rings. The van der Waals surface area contributed by atoms with Gasteiger partial charge in [-0.05, 0) is 31.2 Å². The number of hydrogen-bond donors (Lipinski definition) is 1. The molecular formula is C20H28N2O2. The van der Waals surface area contributed by atoms with E-state index in [0.29, 0.717) is 12.5 Å². The summed E-state index contributed by atoms with van der Waals surface area (Å²) in [5, 5.41) is 3.13. The molecule has 1 aliphatic carbocycles. The summed E-state index contributed by atoms with van der Waals surface area (Å²) in [5.74, 6) is 0.762. The van der Waals surface area contributed by atoms with E-state index in [1.165, 1.54) is 5.56 Å². The van der Waals surface area contributed by atoms with Crippen LogP contribution in [0.25, 0.3) is 0 Å². The third-order valence-corrected chi connectivity index (χ3v) is 5.36. The van der Waals surface area contributed by atoms with Gasteiger partial charge in [0.05, 0.1) is 0 Å². The van der Waals surface area contributed by atoms with E-state index in [4.69, 9.17) is 0 Å². The smallest absolute Gasteiger partial charge is 0.225 e. The largest absolute Gasteiger partial charge is 0.355 e. The summed E-state index contributed by atoms with van der Waals surface area (Å²) < 4.78 is 0. The van der Waals surface area contributed by atoms with Crippen LogP contribution in [0.5, 0.6) is 0 Å². The summed E-state index contributed by atoms with van der Waals surface area (Å²) in [5.41, 5.74) is 1.15. The zero-order valence-electron chi connectivity index (χ0n) is 14.8. The first kappa shape index (κ1) is 17.0. The van der Waals surface area contributed by atoms with Crippen LogP contribution >= 0.6 is 0 Å². The Morgan fingerprint density at radius 3 is 2.25 bits per heavy atom. The van der Waals surface area contributed by atoms with Crippen LogP contribution in [0.3, 0.4) is 0 Å². The molecular weight excluding hydrogens is 300 g/mol. The summed E-state index contributed by atoms with van der Waals surface area (Å²) in [6.07, 6.45) is 3.67. The minimum Gasteiger partial charge on any atom is -0.355 e. The highest BCUT2D eigenvalue weighted by Crippen LogP contribution is 2.32. The number of likely N-dealkylation sites (tertiary alicyclic amines) is 1. The Kier molecular flexibility index (Phi) is 4.93. The monoisotopic (exact) mass is 328 g/mol. The molecule has 0 aromatic heterocycles. The average molecular weight is 328 g/mol. The Morgan fingerprint density at radius 1 is 1.04 bits per heavy atom. The summed E-state index contributed by atoms with van der Waals surface area (Å²) >= 11 is 0. The van der Waals surface area contributed by atoms with Gasteiger partial charge in [-0.1, -0.05) is 44.2 Å². The highest BCUT2D eigenvalue weighted by atomic mass is 16.2. The number of nitrogens with one attached hydrogen (secondary N) is 1. The van der Waals surface area contributed by atoms with Crippen molar-refractivity contribution < 1.29 is 9.59 Å². The van der Waals surface area contributed by atoms with Gasteiger partial charge in [-0.15, -0.1) is 0 Å². The molecule has 2 amide bonds. The fourth-order valence-electron chi connectivity index (χ4n) is 3.39. The normalized spacial score (nSPS) is 19.2. The zero-order chi connectivity index (χ0) is 17.2. The van der Waals surface area contributed by atoms with E-state index in [-0.39, 0.29) is 23.2 Å². The predicted molar refractivity (Wildman–Crippen MR) is 94.5 cm³/mol. The van der Waals surface area contributed by atoms with E-state index < -0.39 is 0 Å². The Balaban J connectivity index is 1.46. The summed E-state index contributed by atoms with van der Waals surface area (Å²) in [6.45, 7) is 6.40. The molecule has 1 aliphatic heterocycles. The first-order valence-corrected chi connectivity index (χ1v) is 9.09. The Bertz CT molecular complexity index is 585. The van der Waals surface area contributed by atoms with Crippen LogP contribution in [-0.4, -0.2) is 36.3 Å². The molecule has 1 aromatic carbocycles. The Morgan fingerprint density at radius 2 is 1.67 bits per heavy atom. The molecule has 3 rings (SSSR count). The number of piperidine rings is 1. The van der Waals surface area contributed by atoms with Crippen LogP contribution in [0.4, 0.5) is 0 Å². The van der Waals surface area contributed by atoms with Crippen LogP contribution < -0.4 is 5.32 Å². The zero-order valence-corrected chi connectivity index (χ0v) is 14.8. The molecule has 1 heterocycles. The standard InChI is InChI=1S/C20H28N2O2/c1-20(2,17-6-4-3-5-7-17)14-21-18(23)15-10-12-22(13-11-15)19(24)16-8-9-16/h3-7,15-16H,8-14H2,1-2H3,(H,21,23). The average Bonchev–Trinajstić information content (AvgIpc) is 3.45. The van der Waals surface area contributed by atoms with Crippen molar-refractivity contribution in [2.75, 3.05) is 19.6 Å². The van der Waals surface area contributed by atoms with Crippen molar-refractivity contribution in [1.29, 1.82) is 0 Å². The van der Waals surface area contributed by atoms with Gasteiger partial charge in [-0.2, -0.15) is 0 Å². The van der Waals surface area contributed by atoms with E-state index in [2.05, 4.69) is 31.3 Å². The lowest BCUT2D eigenvalue weighted by Crippen LogP contribution is -2.45. The first-order chi connectivity index (χ1) is 11.5. The number of nitrogens with zero attached hydrogens (tertiary/aromatic N) is 1. The summed E-state index contributed by atoms with van der Waals surface area (Å²) in [7, 11) is 0. The molecule has 0 spiro atoms. The molecule has 0 bridgehead atoms. The lowest BCUT2D eigenvalue weighted by atomic mass is 9.84. The molecule has 24 heavy (non-hydrogen) atoms. The Labute approximate surface area is 144 Å². The van der Waals surface area contributed by atoms with Gasteiger partial charge < -0.3 is 10.2 Å². The van der Waals surface area contributed by atoms with E-state index >= 15 is 0 Å². The first-order valence-electron chi connectivity index (χ1n) is 9.09. The van der Waals surface area contributed by atoms with Crippen molar-refractivity contribution in [3.05, 3.63) is 35.9 Å². The Hall–Kier alpha value is -1.84. The van der Waals surface area contributed by atoms with E-state index in [1.807, 2.05) is 23.1 Å². The molecule has 4 nitrogen and oxygen atoms in total. The lowest BCUT2D eigenvalue weighted by molar-refractivity contribution is -0.136. The van der Waals surface area contributed by atoms with Gasteiger partial charge in [0.15, 0.2) is 0 Å². The van der Waals surface area contributed by atoms with Gasteiger partial charge in [0.25, 0.3) is 0 Å². The minimum atomic E-state index is -0.0838. The number of amides is 2. The van der Waals surface area contributed by atoms with Crippen LogP contribution in [0.15, 0.2) is 30.3 Å². The van der Waals surface area contributed by atoms with Gasteiger partial charge >= 0.3 is 0 Å². The molecule has 130 valence electrons. The van der Waals surface area contributed by atoms with Crippen LogP contribution in [-0.2, 0) is 15.0 Å². The number of rotatable bonds is 5. The summed E-state index contributed by atoms with van der Waals surface area (Å²) in [6, 6.07) is 10.3. The van der Waals surface area contributed by atoms with Crippen LogP contribution in [0, 0.1) is 11.8 Å². The van der Waals surface area contributed by atoms with Crippen molar-refractivity contribution in [2.24, 2.45) is 11.8 Å². The number of benzene rings is 1. The summed E-state index contributed by atoms with van der Waals surface area (Å²) in [4.78, 5) is 26.5. The van der Waals surface area contributed by atoms with Gasteiger partial charge in [0.2, 0.25) is 11.8 Å². The maximum absolute atomic E-state index is 12.5. The second kappa shape index (κ2) is 6.96. The molecule has 1 N–H and O–H groups in total. The number of hydrogen-bond acceptors (Lipinski definition) is 2. The molecule has 4 heteroatoms. The van der Waals surface area contributed by atoms with Crippen molar-refractivity contribution in [2.45, 2.75) is 44.9 Å². The molecule has 0 unspecified atom stereocenters. The minimum absolute atomic E-state index is 0.0415. The second-order valence-electron chi connectivity index (χ2n) is 7.84. The van der Waals surface area contributed by atoms with E-state index in [9.17, 15) is 9.59 Å². The fraction of sp³-hybridized carbons (Fsp3) is 0.600.